The molecule has 1 fully saturated rings. The van der Waals surface area contributed by atoms with Gasteiger partial charge in [-0.25, -0.2) is 0 Å². The van der Waals surface area contributed by atoms with Gasteiger partial charge in [0.25, 0.3) is 0 Å². The lowest BCUT2D eigenvalue weighted by atomic mass is 9.95. The second-order valence-corrected chi connectivity index (χ2v) is 5.01. The van der Waals surface area contributed by atoms with Crippen molar-refractivity contribution in [3.05, 3.63) is 30.0 Å². The van der Waals surface area contributed by atoms with E-state index in [4.69, 9.17) is 0 Å². The number of benzene rings is 1. The second-order valence-electron chi connectivity index (χ2n) is 5.01. The Morgan fingerprint density at radius 3 is 3.00 bits per heavy atom. The highest BCUT2D eigenvalue weighted by molar-refractivity contribution is 5.78. The van der Waals surface area contributed by atoms with E-state index in [1.807, 2.05) is 6.20 Å². The Kier molecular flexibility index (Phi) is 3.10. The van der Waals surface area contributed by atoms with Crippen LogP contribution in [0.25, 0.3) is 10.9 Å². The summed E-state index contributed by atoms with van der Waals surface area (Å²) >= 11 is 0. The summed E-state index contributed by atoms with van der Waals surface area (Å²) < 4.78 is 0. The van der Waals surface area contributed by atoms with E-state index in [2.05, 4.69) is 33.7 Å². The van der Waals surface area contributed by atoms with Crippen molar-refractivity contribution in [2.45, 2.75) is 44.7 Å². The molecule has 0 bridgehead atoms. The molecule has 0 atom stereocenters. The van der Waals surface area contributed by atoms with E-state index in [1.54, 1.807) is 0 Å². The smallest absolute Gasteiger partial charge is 0.0653 e. The van der Waals surface area contributed by atoms with Gasteiger partial charge in [0.05, 0.1) is 11.7 Å². The lowest BCUT2D eigenvalue weighted by molar-refractivity contribution is 0.372. The Morgan fingerprint density at radius 2 is 2.12 bits per heavy atom. The third kappa shape index (κ3) is 2.50. The summed E-state index contributed by atoms with van der Waals surface area (Å²) in [5, 5.41) is 11.9. The quantitative estimate of drug-likeness (QED) is 0.849. The molecular formula is C14H19N3. The molecule has 0 radical (unpaired) electrons. The van der Waals surface area contributed by atoms with Gasteiger partial charge in [0.2, 0.25) is 0 Å². The van der Waals surface area contributed by atoms with Gasteiger partial charge < -0.3 is 5.32 Å². The van der Waals surface area contributed by atoms with Crippen LogP contribution in [0.15, 0.2) is 24.4 Å². The summed E-state index contributed by atoms with van der Waals surface area (Å²) in [7, 11) is 0. The first-order chi connectivity index (χ1) is 8.42. The molecule has 1 aliphatic carbocycles. The van der Waals surface area contributed by atoms with Crippen molar-refractivity contribution in [3.63, 3.8) is 0 Å². The van der Waals surface area contributed by atoms with E-state index in [-0.39, 0.29) is 0 Å². The molecule has 1 aliphatic rings. The molecule has 17 heavy (non-hydrogen) atoms. The van der Waals surface area contributed by atoms with Gasteiger partial charge in [0, 0.05) is 18.0 Å². The summed E-state index contributed by atoms with van der Waals surface area (Å²) in [4.78, 5) is 0. The molecule has 2 aromatic rings. The standard InChI is InChI=1S/C14H19N3/c1-2-4-13(5-3-1)15-9-11-6-7-12-10-16-17-14(12)8-11/h6-8,10,13,15H,1-5,9H2,(H,16,17). The van der Waals surface area contributed by atoms with E-state index in [1.165, 1.54) is 43.1 Å². The van der Waals surface area contributed by atoms with E-state index < -0.39 is 0 Å². The minimum atomic E-state index is 0.723. The lowest BCUT2D eigenvalue weighted by Gasteiger charge is -2.22. The summed E-state index contributed by atoms with van der Waals surface area (Å²) in [6.07, 6.45) is 8.74. The third-order valence-electron chi connectivity index (χ3n) is 3.71. The molecular weight excluding hydrogens is 210 g/mol. The zero-order valence-electron chi connectivity index (χ0n) is 10.1. The third-order valence-corrected chi connectivity index (χ3v) is 3.71. The van der Waals surface area contributed by atoms with Crippen LogP contribution in [0.5, 0.6) is 0 Å². The number of rotatable bonds is 3. The number of aromatic amines is 1. The Hall–Kier alpha value is -1.35. The average Bonchev–Trinajstić information content (AvgIpc) is 2.85. The van der Waals surface area contributed by atoms with E-state index in [9.17, 15) is 0 Å². The van der Waals surface area contributed by atoms with Crippen LogP contribution in [0.4, 0.5) is 0 Å². The van der Waals surface area contributed by atoms with Crippen molar-refractivity contribution < 1.29 is 0 Å². The maximum absolute atomic E-state index is 4.05. The first-order valence-electron chi connectivity index (χ1n) is 6.57. The molecule has 90 valence electrons. The summed E-state index contributed by atoms with van der Waals surface area (Å²) in [6.45, 7) is 0.972. The molecule has 1 saturated carbocycles. The fraction of sp³-hybridized carbons (Fsp3) is 0.500. The van der Waals surface area contributed by atoms with E-state index >= 15 is 0 Å². The maximum atomic E-state index is 4.05. The summed E-state index contributed by atoms with van der Waals surface area (Å²) in [5.41, 5.74) is 2.47. The van der Waals surface area contributed by atoms with Gasteiger partial charge in [-0.05, 0) is 24.5 Å². The molecule has 0 spiro atoms. The highest BCUT2D eigenvalue weighted by atomic mass is 15.1. The zero-order valence-corrected chi connectivity index (χ0v) is 10.1. The SMILES string of the molecule is c1cc2cn[nH]c2cc1CNC1CCCCC1. The Morgan fingerprint density at radius 1 is 1.24 bits per heavy atom. The molecule has 1 aromatic heterocycles. The van der Waals surface area contributed by atoms with Crippen LogP contribution in [0.1, 0.15) is 37.7 Å². The topological polar surface area (TPSA) is 40.7 Å². The Labute approximate surface area is 102 Å². The van der Waals surface area contributed by atoms with Gasteiger partial charge in [-0.3, -0.25) is 5.10 Å². The minimum absolute atomic E-state index is 0.723. The van der Waals surface area contributed by atoms with Gasteiger partial charge in [0.1, 0.15) is 0 Å². The van der Waals surface area contributed by atoms with Crippen molar-refractivity contribution in [1.82, 2.24) is 15.5 Å². The monoisotopic (exact) mass is 229 g/mol. The van der Waals surface area contributed by atoms with Crippen LogP contribution in [0.3, 0.4) is 0 Å². The predicted molar refractivity (Wildman–Crippen MR) is 69.8 cm³/mol. The first-order valence-corrected chi connectivity index (χ1v) is 6.57. The van der Waals surface area contributed by atoms with Gasteiger partial charge in [0.15, 0.2) is 0 Å². The zero-order chi connectivity index (χ0) is 11.5. The normalized spacial score (nSPS) is 17.6. The molecule has 3 nitrogen and oxygen atoms in total. The second kappa shape index (κ2) is 4.88. The van der Waals surface area contributed by atoms with Gasteiger partial charge in [-0.15, -0.1) is 0 Å². The van der Waals surface area contributed by atoms with Crippen LogP contribution in [-0.4, -0.2) is 16.2 Å². The number of hydrogen-bond acceptors (Lipinski definition) is 2. The maximum Gasteiger partial charge on any atom is 0.0653 e. The van der Waals surface area contributed by atoms with Gasteiger partial charge >= 0.3 is 0 Å². The van der Waals surface area contributed by atoms with Crippen LogP contribution in [0, 0.1) is 0 Å². The van der Waals surface area contributed by atoms with Crippen LogP contribution >= 0.6 is 0 Å². The van der Waals surface area contributed by atoms with Gasteiger partial charge in [-0.2, -0.15) is 5.10 Å². The number of H-pyrrole nitrogens is 1. The number of fused-ring (bicyclic) bond motifs is 1. The number of nitrogens with one attached hydrogen (secondary N) is 2. The number of aromatic nitrogens is 2. The summed E-state index contributed by atoms with van der Waals surface area (Å²) in [6, 6.07) is 7.24. The van der Waals surface area contributed by atoms with E-state index in [0.717, 1.165) is 18.1 Å². The molecule has 0 unspecified atom stereocenters. The Bertz CT molecular complexity index is 483. The predicted octanol–water partition coefficient (Wildman–Crippen LogP) is 2.99. The Balaban J connectivity index is 1.63. The molecule has 1 aromatic carbocycles. The first kappa shape index (κ1) is 10.8. The molecule has 1 heterocycles. The van der Waals surface area contributed by atoms with Crippen molar-refractivity contribution >= 4 is 10.9 Å². The fourth-order valence-corrected chi connectivity index (χ4v) is 2.66. The van der Waals surface area contributed by atoms with Crippen LogP contribution < -0.4 is 5.32 Å². The van der Waals surface area contributed by atoms with Crippen molar-refractivity contribution in [3.8, 4) is 0 Å². The van der Waals surface area contributed by atoms with Gasteiger partial charge in [-0.1, -0.05) is 31.4 Å². The fourth-order valence-electron chi connectivity index (χ4n) is 2.66. The number of hydrogen-bond donors (Lipinski definition) is 2. The molecule has 0 amide bonds. The molecule has 3 heteroatoms. The average molecular weight is 229 g/mol. The molecule has 0 saturated heterocycles. The molecule has 2 N–H and O–H groups in total. The lowest BCUT2D eigenvalue weighted by Crippen LogP contribution is -2.30. The molecule has 0 aliphatic heterocycles. The number of nitrogens with zero attached hydrogens (tertiary/aromatic N) is 1. The minimum Gasteiger partial charge on any atom is -0.310 e. The highest BCUT2D eigenvalue weighted by Crippen LogP contribution is 2.18. The van der Waals surface area contributed by atoms with Crippen LogP contribution in [-0.2, 0) is 6.54 Å². The van der Waals surface area contributed by atoms with E-state index in [0.29, 0.717) is 0 Å². The largest absolute Gasteiger partial charge is 0.310 e. The summed E-state index contributed by atoms with van der Waals surface area (Å²) in [5.74, 6) is 0. The highest BCUT2D eigenvalue weighted by Gasteiger charge is 2.12. The van der Waals surface area contributed by atoms with Crippen molar-refractivity contribution in [2.75, 3.05) is 0 Å². The van der Waals surface area contributed by atoms with Crippen molar-refractivity contribution in [1.29, 1.82) is 0 Å². The van der Waals surface area contributed by atoms with Crippen molar-refractivity contribution in [2.24, 2.45) is 0 Å². The van der Waals surface area contributed by atoms with Crippen LogP contribution in [0.2, 0.25) is 0 Å². The molecule has 3 rings (SSSR count).